The van der Waals surface area contributed by atoms with Gasteiger partial charge in [0, 0.05) is 25.0 Å². The van der Waals surface area contributed by atoms with Crippen LogP contribution in [-0.2, 0) is 19.1 Å². The standard InChI is InChI=1S/C20H29N3O4/c21-12-8-10-2-1-3-11(9-12)18(10)22-15(24)6-7-23-19(25)16-13-4-5-14(27-13)17(16)20(23)26/h10-14,16-18H,1-9,21H2,(H,22,24). The Labute approximate surface area is 159 Å². The minimum absolute atomic E-state index is 0.0516. The number of carbonyl (C=O) groups excluding carboxylic acids is 3. The first-order valence-corrected chi connectivity index (χ1v) is 10.6. The van der Waals surface area contributed by atoms with Gasteiger partial charge in [0.2, 0.25) is 17.7 Å². The zero-order valence-electron chi connectivity index (χ0n) is 15.6. The fraction of sp³-hybridized carbons (Fsp3) is 0.850. The zero-order valence-corrected chi connectivity index (χ0v) is 15.6. The van der Waals surface area contributed by atoms with Gasteiger partial charge in [0.05, 0.1) is 24.0 Å². The van der Waals surface area contributed by atoms with Crippen LogP contribution in [0.5, 0.6) is 0 Å². The Morgan fingerprint density at radius 2 is 1.63 bits per heavy atom. The summed E-state index contributed by atoms with van der Waals surface area (Å²) in [6.07, 6.45) is 7.18. The molecule has 3 amide bonds. The number of fused-ring (bicyclic) bond motifs is 7. The fourth-order valence-electron chi connectivity index (χ4n) is 6.49. The summed E-state index contributed by atoms with van der Waals surface area (Å²) in [7, 11) is 0. The largest absolute Gasteiger partial charge is 0.373 e. The lowest BCUT2D eigenvalue weighted by Gasteiger charge is -2.45. The molecule has 6 atom stereocenters. The first kappa shape index (κ1) is 17.6. The number of ether oxygens (including phenoxy) is 1. The number of hydrogen-bond donors (Lipinski definition) is 2. The summed E-state index contributed by atoms with van der Waals surface area (Å²) < 4.78 is 5.75. The number of amides is 3. The van der Waals surface area contributed by atoms with Gasteiger partial charge in [-0.3, -0.25) is 19.3 Å². The van der Waals surface area contributed by atoms with E-state index in [1.54, 1.807) is 0 Å². The second-order valence-electron chi connectivity index (χ2n) is 9.20. The Morgan fingerprint density at radius 1 is 1.04 bits per heavy atom. The minimum Gasteiger partial charge on any atom is -0.373 e. The summed E-state index contributed by atoms with van der Waals surface area (Å²) in [5.41, 5.74) is 6.16. The lowest BCUT2D eigenvalue weighted by atomic mass is 9.67. The Bertz CT molecular complexity index is 626. The van der Waals surface area contributed by atoms with Crippen molar-refractivity contribution in [1.82, 2.24) is 10.2 Å². The molecule has 5 aliphatic rings. The molecule has 5 rings (SSSR count). The summed E-state index contributed by atoms with van der Waals surface area (Å²) in [4.78, 5) is 39.2. The molecule has 7 heteroatoms. The summed E-state index contributed by atoms with van der Waals surface area (Å²) in [5, 5.41) is 3.21. The second-order valence-corrected chi connectivity index (χ2v) is 9.20. The number of imide groups is 1. The molecule has 6 unspecified atom stereocenters. The predicted molar refractivity (Wildman–Crippen MR) is 96.2 cm³/mol. The molecule has 3 saturated heterocycles. The SMILES string of the molecule is NC1CC2CCCC(C1)C2NC(=O)CCN1C(=O)C2C3CCC(O3)C2C1=O. The number of carbonyl (C=O) groups is 3. The summed E-state index contributed by atoms with van der Waals surface area (Å²) in [6, 6.07) is 0.463. The van der Waals surface area contributed by atoms with Gasteiger partial charge in [-0.1, -0.05) is 6.42 Å². The first-order valence-electron chi connectivity index (χ1n) is 10.6. The third kappa shape index (κ3) is 2.81. The van der Waals surface area contributed by atoms with Crippen molar-refractivity contribution in [3.8, 4) is 0 Å². The highest BCUT2D eigenvalue weighted by Crippen LogP contribution is 2.48. The van der Waals surface area contributed by atoms with E-state index in [1.807, 2.05) is 0 Å². The molecule has 0 spiro atoms. The second kappa shape index (κ2) is 6.55. The molecule has 0 aromatic heterocycles. The highest BCUT2D eigenvalue weighted by molar-refractivity contribution is 6.06. The van der Waals surface area contributed by atoms with Gasteiger partial charge in [-0.15, -0.1) is 0 Å². The van der Waals surface area contributed by atoms with Gasteiger partial charge < -0.3 is 15.8 Å². The van der Waals surface area contributed by atoms with Crippen LogP contribution in [0.1, 0.15) is 51.4 Å². The smallest absolute Gasteiger partial charge is 0.235 e. The van der Waals surface area contributed by atoms with Crippen molar-refractivity contribution in [3.05, 3.63) is 0 Å². The Balaban J connectivity index is 1.18. The van der Waals surface area contributed by atoms with E-state index in [4.69, 9.17) is 10.5 Å². The van der Waals surface area contributed by atoms with E-state index in [1.165, 1.54) is 11.3 Å². The number of nitrogens with two attached hydrogens (primary N) is 1. The molecule has 4 bridgehead atoms. The van der Waals surface area contributed by atoms with E-state index in [-0.39, 0.29) is 66.8 Å². The van der Waals surface area contributed by atoms with Crippen molar-refractivity contribution in [3.63, 3.8) is 0 Å². The Hall–Kier alpha value is -1.47. The van der Waals surface area contributed by atoms with E-state index in [2.05, 4.69) is 5.32 Å². The van der Waals surface area contributed by atoms with Crippen molar-refractivity contribution in [2.75, 3.05) is 6.54 Å². The maximum absolute atomic E-state index is 12.7. The van der Waals surface area contributed by atoms with Crippen LogP contribution < -0.4 is 11.1 Å². The minimum atomic E-state index is -0.307. The normalized spacial score (nSPS) is 45.3. The zero-order chi connectivity index (χ0) is 18.7. The average molecular weight is 375 g/mol. The van der Waals surface area contributed by atoms with Crippen molar-refractivity contribution < 1.29 is 19.1 Å². The fourth-order valence-corrected chi connectivity index (χ4v) is 6.49. The third-order valence-corrected chi connectivity index (χ3v) is 7.64. The molecule has 2 saturated carbocycles. The van der Waals surface area contributed by atoms with Gasteiger partial charge in [-0.25, -0.2) is 0 Å². The Kier molecular flexibility index (Phi) is 4.27. The van der Waals surface area contributed by atoms with E-state index in [0.717, 1.165) is 38.5 Å². The maximum Gasteiger partial charge on any atom is 0.235 e. The quantitative estimate of drug-likeness (QED) is 0.699. The van der Waals surface area contributed by atoms with E-state index in [9.17, 15) is 14.4 Å². The van der Waals surface area contributed by atoms with Crippen molar-refractivity contribution in [2.24, 2.45) is 29.4 Å². The lowest BCUT2D eigenvalue weighted by molar-refractivity contribution is -0.142. The number of likely N-dealkylation sites (tertiary alicyclic amines) is 1. The topological polar surface area (TPSA) is 102 Å². The van der Waals surface area contributed by atoms with E-state index < -0.39 is 0 Å². The number of nitrogens with zero attached hydrogens (tertiary/aromatic N) is 1. The first-order chi connectivity index (χ1) is 13.0. The summed E-state index contributed by atoms with van der Waals surface area (Å²) in [5.74, 6) is 0.00883. The van der Waals surface area contributed by atoms with E-state index >= 15 is 0 Å². The van der Waals surface area contributed by atoms with Gasteiger partial charge in [0.15, 0.2) is 0 Å². The third-order valence-electron chi connectivity index (χ3n) is 7.64. The Morgan fingerprint density at radius 3 is 2.22 bits per heavy atom. The summed E-state index contributed by atoms with van der Waals surface area (Å²) in [6.45, 7) is 0.192. The monoisotopic (exact) mass is 375 g/mol. The lowest BCUT2D eigenvalue weighted by Crippen LogP contribution is -2.54. The molecule has 27 heavy (non-hydrogen) atoms. The highest BCUT2D eigenvalue weighted by Gasteiger charge is 2.62. The molecule has 148 valence electrons. The number of nitrogens with one attached hydrogen (secondary N) is 1. The van der Waals surface area contributed by atoms with Crippen LogP contribution in [0.3, 0.4) is 0 Å². The van der Waals surface area contributed by atoms with Gasteiger partial charge in [-0.2, -0.15) is 0 Å². The van der Waals surface area contributed by atoms with Gasteiger partial charge in [0.1, 0.15) is 0 Å². The van der Waals surface area contributed by atoms with E-state index in [0.29, 0.717) is 11.8 Å². The van der Waals surface area contributed by atoms with Crippen LogP contribution in [0.25, 0.3) is 0 Å². The van der Waals surface area contributed by atoms with Gasteiger partial charge in [0.25, 0.3) is 0 Å². The van der Waals surface area contributed by atoms with Crippen molar-refractivity contribution >= 4 is 17.7 Å². The molecule has 2 aliphatic carbocycles. The molecule has 3 heterocycles. The number of rotatable bonds is 4. The average Bonchev–Trinajstić information content (AvgIpc) is 3.29. The molecule has 5 fully saturated rings. The van der Waals surface area contributed by atoms with Crippen LogP contribution in [-0.4, -0.2) is 53.5 Å². The highest BCUT2D eigenvalue weighted by atomic mass is 16.5. The van der Waals surface area contributed by atoms with Crippen LogP contribution in [0, 0.1) is 23.7 Å². The molecule has 3 N–H and O–H groups in total. The maximum atomic E-state index is 12.7. The number of hydrogen-bond acceptors (Lipinski definition) is 5. The molecule has 0 aromatic carbocycles. The van der Waals surface area contributed by atoms with Crippen LogP contribution in [0.4, 0.5) is 0 Å². The van der Waals surface area contributed by atoms with Gasteiger partial charge >= 0.3 is 0 Å². The van der Waals surface area contributed by atoms with Crippen LogP contribution in [0.15, 0.2) is 0 Å². The van der Waals surface area contributed by atoms with Crippen molar-refractivity contribution in [1.29, 1.82) is 0 Å². The molecule has 0 radical (unpaired) electrons. The summed E-state index contributed by atoms with van der Waals surface area (Å²) >= 11 is 0. The van der Waals surface area contributed by atoms with Crippen LogP contribution >= 0.6 is 0 Å². The molecular weight excluding hydrogens is 346 g/mol. The van der Waals surface area contributed by atoms with Crippen molar-refractivity contribution in [2.45, 2.75) is 75.7 Å². The molecule has 0 aromatic rings. The van der Waals surface area contributed by atoms with Crippen LogP contribution in [0.2, 0.25) is 0 Å². The molecular formula is C20H29N3O4. The molecule has 7 nitrogen and oxygen atoms in total. The molecule has 3 aliphatic heterocycles. The predicted octanol–water partition coefficient (Wildman–Crippen LogP) is 0.561. The van der Waals surface area contributed by atoms with Gasteiger partial charge in [-0.05, 0) is 50.4 Å².